The van der Waals surface area contributed by atoms with E-state index in [1.54, 1.807) is 0 Å². The van der Waals surface area contributed by atoms with Gasteiger partial charge in [-0.1, -0.05) is 13.8 Å². The van der Waals surface area contributed by atoms with Gasteiger partial charge in [0.05, 0.1) is 5.92 Å². The van der Waals surface area contributed by atoms with Crippen LogP contribution < -0.4 is 5.32 Å². The molecule has 2 N–H and O–H groups in total. The van der Waals surface area contributed by atoms with E-state index >= 15 is 0 Å². The predicted molar refractivity (Wildman–Crippen MR) is 76.3 cm³/mol. The summed E-state index contributed by atoms with van der Waals surface area (Å²) >= 11 is 0. The van der Waals surface area contributed by atoms with Crippen molar-refractivity contribution in [3.63, 3.8) is 0 Å². The highest BCUT2D eigenvalue weighted by Gasteiger charge is 2.41. The Morgan fingerprint density at radius 2 is 1.85 bits per heavy atom. The molecule has 5 nitrogen and oxygen atoms in total. The van der Waals surface area contributed by atoms with Crippen LogP contribution in [0.15, 0.2) is 0 Å². The number of amides is 1. The molecule has 0 radical (unpaired) electrons. The first-order chi connectivity index (χ1) is 9.43. The van der Waals surface area contributed by atoms with E-state index in [0.29, 0.717) is 31.8 Å². The fourth-order valence-electron chi connectivity index (χ4n) is 3.38. The number of aliphatic carboxylic acids is 1. The van der Waals surface area contributed by atoms with Crippen molar-refractivity contribution in [3.05, 3.63) is 0 Å². The molecule has 0 aromatic rings. The van der Waals surface area contributed by atoms with E-state index in [2.05, 4.69) is 5.32 Å². The number of carboxylic acid groups (broad SMARTS) is 1. The fraction of sp³-hybridized carbons (Fsp3) is 0.867. The molecule has 2 aliphatic rings. The Kier molecular flexibility index (Phi) is 4.68. The third-order valence-electron chi connectivity index (χ3n) is 5.00. The number of piperidine rings is 2. The number of likely N-dealkylation sites (tertiary alicyclic amines) is 1. The van der Waals surface area contributed by atoms with Crippen LogP contribution in [0.25, 0.3) is 0 Å². The van der Waals surface area contributed by atoms with Crippen LogP contribution in [-0.4, -0.2) is 48.1 Å². The molecule has 0 aromatic heterocycles. The highest BCUT2D eigenvalue weighted by atomic mass is 16.4. The molecule has 0 bridgehead atoms. The molecule has 1 atom stereocenters. The Morgan fingerprint density at radius 3 is 2.35 bits per heavy atom. The van der Waals surface area contributed by atoms with E-state index in [1.165, 1.54) is 0 Å². The van der Waals surface area contributed by atoms with Gasteiger partial charge in [0.1, 0.15) is 0 Å². The van der Waals surface area contributed by atoms with Crippen molar-refractivity contribution >= 4 is 11.9 Å². The Hall–Kier alpha value is -1.10. The lowest BCUT2D eigenvalue weighted by Crippen LogP contribution is -2.51. The van der Waals surface area contributed by atoms with Gasteiger partial charge >= 0.3 is 5.97 Å². The number of nitrogens with one attached hydrogen (secondary N) is 1. The quantitative estimate of drug-likeness (QED) is 0.819. The summed E-state index contributed by atoms with van der Waals surface area (Å²) in [5.41, 5.74) is -0.358. The third-order valence-corrected chi connectivity index (χ3v) is 5.00. The van der Waals surface area contributed by atoms with Crippen LogP contribution in [0, 0.1) is 17.3 Å². The molecular weight excluding hydrogens is 256 g/mol. The first-order valence-electron chi connectivity index (χ1n) is 7.66. The van der Waals surface area contributed by atoms with Crippen molar-refractivity contribution in [1.82, 2.24) is 10.2 Å². The first kappa shape index (κ1) is 15.3. The molecule has 5 heteroatoms. The molecule has 114 valence electrons. The van der Waals surface area contributed by atoms with Crippen molar-refractivity contribution < 1.29 is 14.7 Å². The summed E-state index contributed by atoms with van der Waals surface area (Å²) in [4.78, 5) is 25.6. The van der Waals surface area contributed by atoms with Crippen molar-refractivity contribution in [1.29, 1.82) is 0 Å². The summed E-state index contributed by atoms with van der Waals surface area (Å²) in [5.74, 6) is -0.442. The number of rotatable bonds is 3. The summed E-state index contributed by atoms with van der Waals surface area (Å²) in [6, 6.07) is 0. The van der Waals surface area contributed by atoms with Crippen molar-refractivity contribution in [2.75, 3.05) is 26.2 Å². The highest BCUT2D eigenvalue weighted by molar-refractivity contribution is 5.82. The molecule has 20 heavy (non-hydrogen) atoms. The molecule has 0 saturated carbocycles. The van der Waals surface area contributed by atoms with Crippen LogP contribution >= 0.6 is 0 Å². The van der Waals surface area contributed by atoms with Gasteiger partial charge in [-0.15, -0.1) is 0 Å². The van der Waals surface area contributed by atoms with Crippen LogP contribution in [0.4, 0.5) is 0 Å². The maximum absolute atomic E-state index is 12.7. The summed E-state index contributed by atoms with van der Waals surface area (Å²) in [6.45, 7) is 7.19. The summed E-state index contributed by atoms with van der Waals surface area (Å²) in [7, 11) is 0. The minimum atomic E-state index is -0.729. The smallest absolute Gasteiger partial charge is 0.306 e. The van der Waals surface area contributed by atoms with Crippen LogP contribution in [0.5, 0.6) is 0 Å². The molecule has 0 spiro atoms. The molecule has 2 fully saturated rings. The zero-order valence-corrected chi connectivity index (χ0v) is 12.5. The average molecular weight is 282 g/mol. The topological polar surface area (TPSA) is 69.6 Å². The number of hydrogen-bond acceptors (Lipinski definition) is 3. The lowest BCUT2D eigenvalue weighted by Gasteiger charge is -2.41. The Balaban J connectivity index is 1.95. The van der Waals surface area contributed by atoms with Crippen molar-refractivity contribution in [3.8, 4) is 0 Å². The van der Waals surface area contributed by atoms with Crippen molar-refractivity contribution in [2.24, 2.45) is 17.3 Å². The Labute approximate surface area is 120 Å². The average Bonchev–Trinajstić information content (AvgIpc) is 2.47. The lowest BCUT2D eigenvalue weighted by molar-refractivity contribution is -0.150. The van der Waals surface area contributed by atoms with E-state index in [0.717, 1.165) is 25.9 Å². The number of hydrogen-bond donors (Lipinski definition) is 2. The van der Waals surface area contributed by atoms with Gasteiger partial charge in [0.15, 0.2) is 0 Å². The van der Waals surface area contributed by atoms with Gasteiger partial charge in [0, 0.05) is 18.5 Å². The van der Waals surface area contributed by atoms with Crippen LogP contribution in [0.2, 0.25) is 0 Å². The van der Waals surface area contributed by atoms with E-state index in [9.17, 15) is 9.59 Å². The molecule has 2 heterocycles. The number of nitrogens with zero attached hydrogens (tertiary/aromatic N) is 1. The van der Waals surface area contributed by atoms with Crippen LogP contribution in [0.1, 0.15) is 39.5 Å². The molecule has 2 rings (SSSR count). The SMILES string of the molecule is CC(C)(C(=O)N1CCC(C(=O)O)CC1)C1CCCNC1. The maximum atomic E-state index is 12.7. The zero-order chi connectivity index (χ0) is 14.8. The Bertz CT molecular complexity index is 367. The molecule has 1 unspecified atom stereocenters. The summed E-state index contributed by atoms with van der Waals surface area (Å²) < 4.78 is 0. The molecule has 0 aromatic carbocycles. The summed E-state index contributed by atoms with van der Waals surface area (Å²) in [5, 5.41) is 12.4. The molecular formula is C15H26N2O3. The van der Waals surface area contributed by atoms with Gasteiger partial charge in [0.2, 0.25) is 5.91 Å². The zero-order valence-electron chi connectivity index (χ0n) is 12.5. The number of carbonyl (C=O) groups is 2. The standard InChI is InChI=1S/C15H26N2O3/c1-15(2,12-4-3-7-16-10-12)14(20)17-8-5-11(6-9-17)13(18)19/h11-12,16H,3-10H2,1-2H3,(H,18,19). The third kappa shape index (κ3) is 3.14. The second-order valence-corrected chi connectivity index (χ2v) is 6.67. The van der Waals surface area contributed by atoms with Gasteiger partial charge in [-0.3, -0.25) is 9.59 Å². The normalized spacial score (nSPS) is 25.5. The largest absolute Gasteiger partial charge is 0.481 e. The van der Waals surface area contributed by atoms with E-state index in [4.69, 9.17) is 5.11 Å². The minimum Gasteiger partial charge on any atom is -0.481 e. The van der Waals surface area contributed by atoms with Gasteiger partial charge in [-0.25, -0.2) is 0 Å². The van der Waals surface area contributed by atoms with Crippen LogP contribution in [0.3, 0.4) is 0 Å². The van der Waals surface area contributed by atoms with Gasteiger partial charge in [0.25, 0.3) is 0 Å². The number of carbonyl (C=O) groups excluding carboxylic acids is 1. The summed E-state index contributed by atoms with van der Waals surface area (Å²) in [6.07, 6.45) is 3.39. The highest BCUT2D eigenvalue weighted by Crippen LogP contribution is 2.34. The second kappa shape index (κ2) is 6.12. The molecule has 0 aliphatic carbocycles. The van der Waals surface area contributed by atoms with E-state index in [-0.39, 0.29) is 17.2 Å². The monoisotopic (exact) mass is 282 g/mol. The first-order valence-corrected chi connectivity index (χ1v) is 7.66. The van der Waals surface area contributed by atoms with Gasteiger partial charge in [-0.2, -0.15) is 0 Å². The molecule has 2 aliphatic heterocycles. The van der Waals surface area contributed by atoms with Gasteiger partial charge in [-0.05, 0) is 44.7 Å². The maximum Gasteiger partial charge on any atom is 0.306 e. The predicted octanol–water partition coefficient (Wildman–Crippen LogP) is 1.34. The van der Waals surface area contributed by atoms with Gasteiger partial charge < -0.3 is 15.3 Å². The number of carboxylic acids is 1. The minimum absolute atomic E-state index is 0.190. The lowest BCUT2D eigenvalue weighted by atomic mass is 9.73. The van der Waals surface area contributed by atoms with Crippen molar-refractivity contribution in [2.45, 2.75) is 39.5 Å². The second-order valence-electron chi connectivity index (χ2n) is 6.67. The van der Waals surface area contributed by atoms with E-state index in [1.807, 2.05) is 18.7 Å². The van der Waals surface area contributed by atoms with E-state index < -0.39 is 5.97 Å². The molecule has 1 amide bonds. The molecule has 2 saturated heterocycles. The Morgan fingerprint density at radius 1 is 1.20 bits per heavy atom. The fourth-order valence-corrected chi connectivity index (χ4v) is 3.38. The van der Waals surface area contributed by atoms with Crippen LogP contribution in [-0.2, 0) is 9.59 Å².